The van der Waals surface area contributed by atoms with Crippen LogP contribution < -0.4 is 0 Å². The van der Waals surface area contributed by atoms with Crippen LogP contribution in [0.15, 0.2) is 12.2 Å². The molecule has 0 bridgehead atoms. The number of ether oxygens (including phenoxy) is 5. The quantitative estimate of drug-likeness (QED) is 0.400. The SMILES string of the molecule is C=C(C)C(=O)OC1COC2C(OCOC)COC12. The van der Waals surface area contributed by atoms with Gasteiger partial charge in [0.15, 0.2) is 6.10 Å². The Balaban J connectivity index is 1.88. The van der Waals surface area contributed by atoms with Gasteiger partial charge < -0.3 is 23.7 Å². The fraction of sp³-hybridized carbons (Fsp3) is 0.750. The number of hydrogen-bond donors (Lipinski definition) is 0. The first-order chi connectivity index (χ1) is 8.63. The van der Waals surface area contributed by atoms with E-state index < -0.39 is 12.1 Å². The van der Waals surface area contributed by atoms with Gasteiger partial charge in [0.05, 0.1) is 13.2 Å². The number of methoxy groups -OCH3 is 1. The van der Waals surface area contributed by atoms with E-state index in [0.29, 0.717) is 18.8 Å². The summed E-state index contributed by atoms with van der Waals surface area (Å²) in [5.74, 6) is -0.422. The summed E-state index contributed by atoms with van der Waals surface area (Å²) in [5.41, 5.74) is 0.364. The minimum absolute atomic E-state index is 0.177. The Bertz CT molecular complexity index is 329. The Labute approximate surface area is 106 Å². The minimum atomic E-state index is -0.422. The van der Waals surface area contributed by atoms with E-state index in [4.69, 9.17) is 23.7 Å². The van der Waals surface area contributed by atoms with E-state index in [9.17, 15) is 4.79 Å². The average molecular weight is 258 g/mol. The highest BCUT2D eigenvalue weighted by Gasteiger charge is 2.50. The van der Waals surface area contributed by atoms with Crippen LogP contribution in [0, 0.1) is 0 Å². The molecule has 0 radical (unpaired) electrons. The Hall–Kier alpha value is -0.950. The fourth-order valence-electron chi connectivity index (χ4n) is 2.07. The third-order valence-corrected chi connectivity index (χ3v) is 2.97. The van der Waals surface area contributed by atoms with Gasteiger partial charge in [-0.25, -0.2) is 4.79 Å². The monoisotopic (exact) mass is 258 g/mol. The molecular weight excluding hydrogens is 240 g/mol. The maximum atomic E-state index is 11.5. The van der Waals surface area contributed by atoms with Gasteiger partial charge in [-0.2, -0.15) is 0 Å². The van der Waals surface area contributed by atoms with E-state index in [1.54, 1.807) is 14.0 Å². The Morgan fingerprint density at radius 1 is 1.28 bits per heavy atom. The van der Waals surface area contributed by atoms with Crippen molar-refractivity contribution in [3.8, 4) is 0 Å². The highest BCUT2D eigenvalue weighted by molar-refractivity contribution is 5.87. The fourth-order valence-corrected chi connectivity index (χ4v) is 2.07. The molecule has 18 heavy (non-hydrogen) atoms. The van der Waals surface area contributed by atoms with Crippen molar-refractivity contribution in [1.82, 2.24) is 0 Å². The maximum Gasteiger partial charge on any atom is 0.333 e. The summed E-state index contributed by atoms with van der Waals surface area (Å²) in [6.07, 6.45) is -1.04. The lowest BCUT2D eigenvalue weighted by Gasteiger charge is -2.17. The van der Waals surface area contributed by atoms with Crippen LogP contribution in [0.5, 0.6) is 0 Å². The second-order valence-electron chi connectivity index (χ2n) is 4.43. The molecule has 2 aliphatic heterocycles. The molecule has 0 aromatic rings. The van der Waals surface area contributed by atoms with Crippen molar-refractivity contribution < 1.29 is 28.5 Å². The van der Waals surface area contributed by atoms with Gasteiger partial charge in [0.2, 0.25) is 0 Å². The molecular formula is C12H18O6. The average Bonchev–Trinajstić information content (AvgIpc) is 2.90. The molecule has 2 aliphatic rings. The van der Waals surface area contributed by atoms with Crippen molar-refractivity contribution in [2.75, 3.05) is 27.1 Å². The van der Waals surface area contributed by atoms with Crippen molar-refractivity contribution in [3.05, 3.63) is 12.2 Å². The molecule has 2 fully saturated rings. The summed E-state index contributed by atoms with van der Waals surface area (Å²) >= 11 is 0. The van der Waals surface area contributed by atoms with Gasteiger partial charge in [0.25, 0.3) is 0 Å². The second-order valence-corrected chi connectivity index (χ2v) is 4.43. The van der Waals surface area contributed by atoms with E-state index in [1.807, 2.05) is 0 Å². The summed E-state index contributed by atoms with van der Waals surface area (Å²) in [7, 11) is 1.56. The molecule has 6 heteroatoms. The first kappa shape index (κ1) is 13.5. The second kappa shape index (κ2) is 5.79. The van der Waals surface area contributed by atoms with Crippen LogP contribution in [0.25, 0.3) is 0 Å². The molecule has 0 aliphatic carbocycles. The minimum Gasteiger partial charge on any atom is -0.454 e. The topological polar surface area (TPSA) is 63.2 Å². The molecule has 0 saturated carbocycles. The number of carbonyl (C=O) groups is 1. The lowest BCUT2D eigenvalue weighted by molar-refractivity contribution is -0.149. The highest BCUT2D eigenvalue weighted by atomic mass is 16.7. The zero-order valence-electron chi connectivity index (χ0n) is 10.6. The van der Waals surface area contributed by atoms with Gasteiger partial charge in [-0.05, 0) is 6.92 Å². The Morgan fingerprint density at radius 2 is 1.89 bits per heavy atom. The maximum absolute atomic E-state index is 11.5. The molecule has 0 aromatic carbocycles. The molecule has 0 spiro atoms. The van der Waals surface area contributed by atoms with E-state index in [1.165, 1.54) is 0 Å². The summed E-state index contributed by atoms with van der Waals surface area (Å²) in [6.45, 7) is 6.08. The van der Waals surface area contributed by atoms with Crippen LogP contribution in [-0.2, 0) is 28.5 Å². The molecule has 4 atom stereocenters. The Kier molecular flexibility index (Phi) is 4.34. The zero-order chi connectivity index (χ0) is 13.1. The lowest BCUT2D eigenvalue weighted by atomic mass is 10.1. The van der Waals surface area contributed by atoms with Gasteiger partial charge in [0, 0.05) is 12.7 Å². The van der Waals surface area contributed by atoms with Gasteiger partial charge in [-0.1, -0.05) is 6.58 Å². The van der Waals surface area contributed by atoms with Crippen LogP contribution in [0.4, 0.5) is 0 Å². The first-order valence-electron chi connectivity index (χ1n) is 5.83. The van der Waals surface area contributed by atoms with Gasteiger partial charge in [-0.3, -0.25) is 0 Å². The predicted octanol–water partition coefficient (Wildman–Crippen LogP) is 0.261. The molecule has 2 saturated heterocycles. The number of esters is 1. The summed E-state index contributed by atoms with van der Waals surface area (Å²) in [5, 5.41) is 0. The zero-order valence-corrected chi connectivity index (χ0v) is 10.6. The third kappa shape index (κ3) is 2.72. The number of rotatable bonds is 5. The Morgan fingerprint density at radius 3 is 2.50 bits per heavy atom. The summed E-state index contributed by atoms with van der Waals surface area (Å²) in [6, 6.07) is 0. The van der Waals surface area contributed by atoms with E-state index >= 15 is 0 Å². The molecule has 102 valence electrons. The third-order valence-electron chi connectivity index (χ3n) is 2.97. The van der Waals surface area contributed by atoms with Crippen molar-refractivity contribution in [2.45, 2.75) is 31.3 Å². The molecule has 0 aromatic heterocycles. The van der Waals surface area contributed by atoms with Crippen LogP contribution >= 0.6 is 0 Å². The predicted molar refractivity (Wildman–Crippen MR) is 60.9 cm³/mol. The van der Waals surface area contributed by atoms with E-state index in [2.05, 4.69) is 6.58 Å². The smallest absolute Gasteiger partial charge is 0.333 e. The van der Waals surface area contributed by atoms with Crippen molar-refractivity contribution in [1.29, 1.82) is 0 Å². The van der Waals surface area contributed by atoms with Crippen LogP contribution in [0.3, 0.4) is 0 Å². The molecule has 0 amide bonds. The standard InChI is InChI=1S/C12H18O6/c1-7(2)12(13)18-9-5-16-10-8(17-6-14-3)4-15-11(9)10/h8-11H,1,4-6H2,2-3H3. The van der Waals surface area contributed by atoms with Crippen molar-refractivity contribution >= 4 is 5.97 Å². The van der Waals surface area contributed by atoms with E-state index in [0.717, 1.165) is 0 Å². The summed E-state index contributed by atoms with van der Waals surface area (Å²) < 4.78 is 26.7. The number of carbonyl (C=O) groups excluding carboxylic acids is 1. The normalized spacial score (nSPS) is 34.3. The first-order valence-corrected chi connectivity index (χ1v) is 5.83. The van der Waals surface area contributed by atoms with Crippen molar-refractivity contribution in [2.24, 2.45) is 0 Å². The summed E-state index contributed by atoms with van der Waals surface area (Å²) in [4.78, 5) is 11.5. The van der Waals surface area contributed by atoms with Gasteiger partial charge >= 0.3 is 5.97 Å². The van der Waals surface area contributed by atoms with Gasteiger partial charge in [0.1, 0.15) is 25.1 Å². The molecule has 0 N–H and O–H groups in total. The molecule has 2 heterocycles. The van der Waals surface area contributed by atoms with Gasteiger partial charge in [-0.15, -0.1) is 0 Å². The largest absolute Gasteiger partial charge is 0.454 e. The van der Waals surface area contributed by atoms with Crippen molar-refractivity contribution in [3.63, 3.8) is 0 Å². The highest BCUT2D eigenvalue weighted by Crippen LogP contribution is 2.30. The van der Waals surface area contributed by atoms with Crippen LogP contribution in [0.2, 0.25) is 0 Å². The molecule has 6 nitrogen and oxygen atoms in total. The molecule has 4 unspecified atom stereocenters. The lowest BCUT2D eigenvalue weighted by Crippen LogP contribution is -2.35. The molecule has 2 rings (SSSR count). The number of fused-ring (bicyclic) bond motifs is 1. The van der Waals surface area contributed by atoms with Crippen LogP contribution in [0.1, 0.15) is 6.92 Å². The van der Waals surface area contributed by atoms with Crippen LogP contribution in [-0.4, -0.2) is 57.5 Å². The number of hydrogen-bond acceptors (Lipinski definition) is 6. The van der Waals surface area contributed by atoms with E-state index in [-0.39, 0.29) is 25.1 Å².